The van der Waals surface area contributed by atoms with Crippen LogP contribution in [0.1, 0.15) is 44.6 Å². The zero-order chi connectivity index (χ0) is 22.8. The van der Waals surface area contributed by atoms with Gasteiger partial charge in [-0.2, -0.15) is 0 Å². The number of aromatic hydroxyl groups is 1. The number of amides is 2. The first-order chi connectivity index (χ1) is 15.4. The molecule has 4 rings (SSSR count). The van der Waals surface area contributed by atoms with Crippen molar-refractivity contribution in [1.29, 1.82) is 0 Å². The molecule has 172 valence electrons. The highest BCUT2D eigenvalue weighted by atomic mass is 16.5. The molecule has 0 spiro atoms. The van der Waals surface area contributed by atoms with E-state index in [1.165, 1.54) is 16.0 Å². The first-order valence-electron chi connectivity index (χ1n) is 11.6. The molecule has 0 radical (unpaired) electrons. The summed E-state index contributed by atoms with van der Waals surface area (Å²) in [5.74, 6) is -0.473. The van der Waals surface area contributed by atoms with Gasteiger partial charge in [-0.15, -0.1) is 0 Å². The van der Waals surface area contributed by atoms with Gasteiger partial charge in [-0.05, 0) is 54.5 Å². The number of hydrogen-bond donors (Lipinski definition) is 1. The van der Waals surface area contributed by atoms with Crippen LogP contribution in [0, 0.1) is 17.8 Å². The van der Waals surface area contributed by atoms with Crippen LogP contribution in [0.4, 0.5) is 0 Å². The lowest BCUT2D eigenvalue weighted by Crippen LogP contribution is -2.34. The average Bonchev–Trinajstić information content (AvgIpc) is 3.29. The highest BCUT2D eigenvalue weighted by Crippen LogP contribution is 2.49. The van der Waals surface area contributed by atoms with E-state index in [4.69, 9.17) is 9.47 Å². The van der Waals surface area contributed by atoms with Crippen LogP contribution < -0.4 is 0 Å². The van der Waals surface area contributed by atoms with E-state index in [-0.39, 0.29) is 41.4 Å². The molecule has 2 amide bonds. The van der Waals surface area contributed by atoms with Gasteiger partial charge in [0.1, 0.15) is 5.75 Å². The third kappa shape index (κ3) is 4.26. The number of phenolic OH excluding ortho intramolecular Hbond substituents is 1. The van der Waals surface area contributed by atoms with Crippen LogP contribution in [0.25, 0.3) is 6.08 Å². The fourth-order valence-corrected chi connectivity index (χ4v) is 5.65. The molecule has 2 fully saturated rings. The van der Waals surface area contributed by atoms with Crippen molar-refractivity contribution in [3.8, 4) is 5.75 Å². The third-order valence-corrected chi connectivity index (χ3v) is 7.11. The van der Waals surface area contributed by atoms with Gasteiger partial charge in [0.05, 0.1) is 31.2 Å². The maximum absolute atomic E-state index is 12.8. The Labute approximate surface area is 189 Å². The van der Waals surface area contributed by atoms with E-state index in [1.807, 2.05) is 12.1 Å². The van der Waals surface area contributed by atoms with Crippen molar-refractivity contribution >= 4 is 17.9 Å². The summed E-state index contributed by atoms with van der Waals surface area (Å²) in [6.45, 7) is 3.14. The Morgan fingerprint density at radius 2 is 1.94 bits per heavy atom. The molecule has 2 saturated heterocycles. The zero-order valence-electron chi connectivity index (χ0n) is 19.2. The predicted octanol–water partition coefficient (Wildman–Crippen LogP) is 3.95. The van der Waals surface area contributed by atoms with Gasteiger partial charge in [0.25, 0.3) is 0 Å². The van der Waals surface area contributed by atoms with E-state index >= 15 is 0 Å². The number of benzene rings is 1. The Morgan fingerprint density at radius 1 is 1.19 bits per heavy atom. The van der Waals surface area contributed by atoms with Crippen molar-refractivity contribution in [2.75, 3.05) is 27.4 Å². The highest BCUT2D eigenvalue weighted by Gasteiger charge is 2.55. The van der Waals surface area contributed by atoms with E-state index in [0.29, 0.717) is 19.6 Å². The molecule has 6 heteroatoms. The largest absolute Gasteiger partial charge is 0.508 e. The van der Waals surface area contributed by atoms with Crippen LogP contribution in [0.15, 0.2) is 41.0 Å². The maximum atomic E-state index is 12.8. The molecule has 0 saturated carbocycles. The molecular weight excluding hydrogens is 406 g/mol. The molecular formula is C26H33NO5. The van der Waals surface area contributed by atoms with Crippen molar-refractivity contribution in [3.05, 3.63) is 46.5 Å². The summed E-state index contributed by atoms with van der Waals surface area (Å²) < 4.78 is 11.7. The van der Waals surface area contributed by atoms with Crippen LogP contribution in [-0.4, -0.2) is 55.3 Å². The molecule has 4 atom stereocenters. The Balaban J connectivity index is 1.54. The Kier molecular flexibility index (Phi) is 6.82. The van der Waals surface area contributed by atoms with Crippen molar-refractivity contribution < 1.29 is 24.2 Å². The minimum absolute atomic E-state index is 0.0268. The molecule has 3 aliphatic rings. The molecule has 6 nitrogen and oxygen atoms in total. The van der Waals surface area contributed by atoms with Crippen LogP contribution >= 0.6 is 0 Å². The number of rotatable bonds is 8. The van der Waals surface area contributed by atoms with Crippen LogP contribution in [-0.2, 0) is 19.1 Å². The number of allylic oxidation sites excluding steroid dienone is 1. The second-order valence-corrected chi connectivity index (χ2v) is 9.18. The zero-order valence-corrected chi connectivity index (χ0v) is 19.2. The molecule has 2 heterocycles. The fourth-order valence-electron chi connectivity index (χ4n) is 5.65. The smallest absolute Gasteiger partial charge is 0.233 e. The number of nitrogens with zero attached hydrogens (tertiary/aromatic N) is 1. The van der Waals surface area contributed by atoms with Gasteiger partial charge >= 0.3 is 0 Å². The minimum atomic E-state index is -0.296. The third-order valence-electron chi connectivity index (χ3n) is 7.11. The number of ether oxygens (including phenoxy) is 2. The maximum Gasteiger partial charge on any atom is 0.233 e. The van der Waals surface area contributed by atoms with E-state index in [1.54, 1.807) is 26.3 Å². The van der Waals surface area contributed by atoms with Gasteiger partial charge in [0.2, 0.25) is 11.8 Å². The summed E-state index contributed by atoms with van der Waals surface area (Å²) in [4.78, 5) is 26.7. The average molecular weight is 440 g/mol. The number of methoxy groups -OCH3 is 1. The van der Waals surface area contributed by atoms with Gasteiger partial charge in [-0.25, -0.2) is 0 Å². The van der Waals surface area contributed by atoms with E-state index < -0.39 is 0 Å². The monoisotopic (exact) mass is 439 g/mol. The number of fused-ring (bicyclic) bond motifs is 3. The van der Waals surface area contributed by atoms with Gasteiger partial charge in [0, 0.05) is 20.1 Å². The SMILES string of the molecule is CCC/C(=C\c1ccc(O)cc1)CC[C@H]1OC[C@H]2C1=C(COC)C[C@H]1C(=O)N(C)C(=O)[C@H]12. The molecule has 0 unspecified atom stereocenters. The first-order valence-corrected chi connectivity index (χ1v) is 11.6. The first kappa shape index (κ1) is 22.7. The summed E-state index contributed by atoms with van der Waals surface area (Å²) in [6, 6.07) is 7.26. The summed E-state index contributed by atoms with van der Waals surface area (Å²) in [5.41, 5.74) is 4.76. The number of phenols is 1. The van der Waals surface area contributed by atoms with Gasteiger partial charge < -0.3 is 14.6 Å². The van der Waals surface area contributed by atoms with Gasteiger partial charge in [0.15, 0.2) is 0 Å². The van der Waals surface area contributed by atoms with E-state index in [9.17, 15) is 14.7 Å². The number of likely N-dealkylation sites (tertiary alicyclic amines) is 1. The molecule has 1 aromatic rings. The summed E-state index contributed by atoms with van der Waals surface area (Å²) >= 11 is 0. The normalized spacial score (nSPS) is 27.8. The van der Waals surface area contributed by atoms with Crippen molar-refractivity contribution in [3.63, 3.8) is 0 Å². The second-order valence-electron chi connectivity index (χ2n) is 9.18. The molecule has 2 aliphatic heterocycles. The van der Waals surface area contributed by atoms with Gasteiger partial charge in [-0.3, -0.25) is 14.5 Å². The Morgan fingerprint density at radius 3 is 2.62 bits per heavy atom. The van der Waals surface area contributed by atoms with Crippen molar-refractivity contribution in [2.45, 2.75) is 45.1 Å². The molecule has 1 N–H and O–H groups in total. The van der Waals surface area contributed by atoms with Gasteiger partial charge in [-0.1, -0.05) is 37.1 Å². The minimum Gasteiger partial charge on any atom is -0.508 e. The van der Waals surface area contributed by atoms with Crippen LogP contribution in [0.3, 0.4) is 0 Å². The number of carbonyl (C=O) groups is 2. The summed E-state index contributed by atoms with van der Waals surface area (Å²) in [7, 11) is 3.27. The van der Waals surface area contributed by atoms with Crippen molar-refractivity contribution in [1.82, 2.24) is 4.90 Å². The summed E-state index contributed by atoms with van der Waals surface area (Å²) in [6.07, 6.45) is 6.55. The van der Waals surface area contributed by atoms with Crippen LogP contribution in [0.2, 0.25) is 0 Å². The van der Waals surface area contributed by atoms with E-state index in [2.05, 4.69) is 13.0 Å². The Hall–Kier alpha value is -2.44. The molecule has 0 bridgehead atoms. The quantitative estimate of drug-likeness (QED) is 0.490. The lowest BCUT2D eigenvalue weighted by molar-refractivity contribution is -0.138. The topological polar surface area (TPSA) is 76.1 Å². The number of hydrogen-bond acceptors (Lipinski definition) is 5. The van der Waals surface area contributed by atoms with E-state index in [0.717, 1.165) is 36.8 Å². The fraction of sp³-hybridized carbons (Fsp3) is 0.538. The standard InChI is InChI=1S/C26H33NO5/c1-4-5-16(12-17-6-9-19(28)10-7-17)8-11-22-23-18(14-31-3)13-20-24(21(23)15-32-22)26(30)27(2)25(20)29/h6-7,9-10,12,20-22,24,28H,4-5,8,11,13-15H2,1-3H3/b16-12+/t20-,21+,22-,24-/m1/s1. The van der Waals surface area contributed by atoms with Crippen LogP contribution in [0.5, 0.6) is 5.75 Å². The molecule has 32 heavy (non-hydrogen) atoms. The summed E-state index contributed by atoms with van der Waals surface area (Å²) in [5, 5.41) is 9.54. The second kappa shape index (κ2) is 9.59. The number of imide groups is 1. The molecule has 0 aromatic heterocycles. The number of carbonyl (C=O) groups excluding carboxylic acids is 2. The molecule has 1 aliphatic carbocycles. The lowest BCUT2D eigenvalue weighted by atomic mass is 9.69. The highest BCUT2D eigenvalue weighted by molar-refractivity contribution is 6.05. The lowest BCUT2D eigenvalue weighted by Gasteiger charge is -2.31. The van der Waals surface area contributed by atoms with Crippen molar-refractivity contribution in [2.24, 2.45) is 17.8 Å². The predicted molar refractivity (Wildman–Crippen MR) is 122 cm³/mol. The molecule has 1 aromatic carbocycles. The Bertz CT molecular complexity index is 932.